The van der Waals surface area contributed by atoms with Crippen molar-refractivity contribution in [3.63, 3.8) is 0 Å². The fraction of sp³-hybridized carbons (Fsp3) is 0.105. The Morgan fingerprint density at radius 3 is 2.60 bits per heavy atom. The second-order valence-electron chi connectivity index (χ2n) is 5.50. The summed E-state index contributed by atoms with van der Waals surface area (Å²) in [4.78, 5) is 28.6. The molecule has 5 nitrogen and oxygen atoms in total. The molecule has 0 atom stereocenters. The highest BCUT2D eigenvalue weighted by Gasteiger charge is 2.07. The number of anilines is 1. The molecule has 0 saturated carbocycles. The maximum absolute atomic E-state index is 12.2. The average Bonchev–Trinajstić information content (AvgIpc) is 3.15. The first-order chi connectivity index (χ1) is 12.1. The van der Waals surface area contributed by atoms with Crippen LogP contribution in [0.3, 0.4) is 0 Å². The molecule has 2 N–H and O–H groups in total. The van der Waals surface area contributed by atoms with Crippen LogP contribution in [0.4, 0.5) is 5.69 Å². The summed E-state index contributed by atoms with van der Waals surface area (Å²) in [7, 11) is 0. The van der Waals surface area contributed by atoms with E-state index in [4.69, 9.17) is 0 Å². The predicted molar refractivity (Wildman–Crippen MR) is 99.5 cm³/mol. The predicted octanol–water partition coefficient (Wildman–Crippen LogP) is 3.70. The van der Waals surface area contributed by atoms with E-state index in [0.29, 0.717) is 17.8 Å². The van der Waals surface area contributed by atoms with Gasteiger partial charge in [0.25, 0.3) is 5.91 Å². The minimum Gasteiger partial charge on any atom is -0.348 e. The van der Waals surface area contributed by atoms with Crippen LogP contribution in [-0.4, -0.2) is 16.8 Å². The normalized spacial score (nSPS) is 10.3. The van der Waals surface area contributed by atoms with E-state index in [1.807, 2.05) is 29.8 Å². The Kier molecular flexibility index (Phi) is 5.20. The number of amides is 2. The second-order valence-corrected chi connectivity index (χ2v) is 6.45. The molecule has 0 radical (unpaired) electrons. The first kappa shape index (κ1) is 16.9. The topological polar surface area (TPSA) is 71.1 Å². The quantitative estimate of drug-likeness (QED) is 0.736. The Balaban J connectivity index is 1.62. The lowest BCUT2D eigenvalue weighted by Crippen LogP contribution is -2.22. The molecule has 0 aliphatic carbocycles. The fourth-order valence-electron chi connectivity index (χ4n) is 2.35. The van der Waals surface area contributed by atoms with E-state index in [0.717, 1.165) is 16.0 Å². The van der Waals surface area contributed by atoms with Crippen molar-refractivity contribution in [2.24, 2.45) is 0 Å². The first-order valence-electron chi connectivity index (χ1n) is 7.75. The van der Waals surface area contributed by atoms with Crippen LogP contribution in [0.15, 0.2) is 60.2 Å². The Morgan fingerprint density at radius 1 is 1.12 bits per heavy atom. The van der Waals surface area contributed by atoms with Crippen molar-refractivity contribution >= 4 is 28.8 Å². The van der Waals surface area contributed by atoms with Gasteiger partial charge < -0.3 is 10.6 Å². The highest BCUT2D eigenvalue weighted by Crippen LogP contribution is 2.24. The van der Waals surface area contributed by atoms with E-state index in [1.54, 1.807) is 41.8 Å². The standard InChI is InChI=1S/C19H17N3O2S/c1-13(23)22-17-6-4-15(5-7-17)19(24)21-11-14-9-16(12-20-10-14)18-3-2-8-25-18/h2-10,12H,11H2,1H3,(H,21,24)(H,22,23). The minimum atomic E-state index is -0.170. The van der Waals surface area contributed by atoms with Gasteiger partial charge >= 0.3 is 0 Å². The van der Waals surface area contributed by atoms with Crippen LogP contribution in [0.5, 0.6) is 0 Å². The monoisotopic (exact) mass is 351 g/mol. The second kappa shape index (κ2) is 7.72. The minimum absolute atomic E-state index is 0.143. The van der Waals surface area contributed by atoms with E-state index in [2.05, 4.69) is 15.6 Å². The number of carbonyl (C=O) groups is 2. The third-order valence-electron chi connectivity index (χ3n) is 3.52. The molecule has 2 amide bonds. The molecule has 3 aromatic rings. The molecule has 25 heavy (non-hydrogen) atoms. The number of nitrogens with one attached hydrogen (secondary N) is 2. The molecule has 6 heteroatoms. The van der Waals surface area contributed by atoms with Crippen LogP contribution in [0.2, 0.25) is 0 Å². The zero-order valence-electron chi connectivity index (χ0n) is 13.7. The Hall–Kier alpha value is -2.99. The van der Waals surface area contributed by atoms with Gasteiger partial charge in [-0.3, -0.25) is 14.6 Å². The van der Waals surface area contributed by atoms with Gasteiger partial charge in [-0.25, -0.2) is 0 Å². The largest absolute Gasteiger partial charge is 0.348 e. The van der Waals surface area contributed by atoms with Gasteiger partial charge in [-0.15, -0.1) is 11.3 Å². The molecule has 0 unspecified atom stereocenters. The van der Waals surface area contributed by atoms with Gasteiger partial charge in [0.15, 0.2) is 0 Å². The highest BCUT2D eigenvalue weighted by atomic mass is 32.1. The zero-order chi connectivity index (χ0) is 17.6. The van der Waals surface area contributed by atoms with Crippen LogP contribution in [0.1, 0.15) is 22.8 Å². The average molecular weight is 351 g/mol. The summed E-state index contributed by atoms with van der Waals surface area (Å²) in [6, 6.07) is 12.8. The Labute approximate surface area is 149 Å². The van der Waals surface area contributed by atoms with E-state index in [-0.39, 0.29) is 11.8 Å². The SMILES string of the molecule is CC(=O)Nc1ccc(C(=O)NCc2cncc(-c3cccs3)c2)cc1. The molecule has 2 aromatic heterocycles. The summed E-state index contributed by atoms with van der Waals surface area (Å²) in [6.45, 7) is 1.84. The van der Waals surface area contributed by atoms with Crippen LogP contribution in [0, 0.1) is 0 Å². The smallest absolute Gasteiger partial charge is 0.251 e. The molecule has 0 spiro atoms. The number of aromatic nitrogens is 1. The fourth-order valence-corrected chi connectivity index (χ4v) is 3.06. The zero-order valence-corrected chi connectivity index (χ0v) is 14.5. The maximum Gasteiger partial charge on any atom is 0.251 e. The summed E-state index contributed by atoms with van der Waals surface area (Å²) in [5.41, 5.74) is 3.18. The van der Waals surface area contributed by atoms with Crippen molar-refractivity contribution in [3.8, 4) is 10.4 Å². The Morgan fingerprint density at radius 2 is 1.92 bits per heavy atom. The number of thiophene rings is 1. The van der Waals surface area contributed by atoms with E-state index < -0.39 is 0 Å². The molecule has 0 fully saturated rings. The Bertz CT molecular complexity index is 874. The molecular weight excluding hydrogens is 334 g/mol. The molecular formula is C19H17N3O2S. The van der Waals surface area contributed by atoms with E-state index in [9.17, 15) is 9.59 Å². The van der Waals surface area contributed by atoms with E-state index in [1.165, 1.54) is 6.92 Å². The van der Waals surface area contributed by atoms with Crippen LogP contribution >= 0.6 is 11.3 Å². The van der Waals surface area contributed by atoms with Gasteiger partial charge in [-0.05, 0) is 47.3 Å². The van der Waals surface area contributed by atoms with Crippen LogP contribution in [-0.2, 0) is 11.3 Å². The van der Waals surface area contributed by atoms with Gasteiger partial charge in [-0.2, -0.15) is 0 Å². The third-order valence-corrected chi connectivity index (χ3v) is 4.44. The lowest BCUT2D eigenvalue weighted by atomic mass is 10.1. The van der Waals surface area contributed by atoms with Crippen LogP contribution < -0.4 is 10.6 Å². The molecule has 0 bridgehead atoms. The first-order valence-corrected chi connectivity index (χ1v) is 8.63. The summed E-state index contributed by atoms with van der Waals surface area (Å²) in [5.74, 6) is -0.314. The summed E-state index contributed by atoms with van der Waals surface area (Å²) in [6.07, 6.45) is 3.56. The lowest BCUT2D eigenvalue weighted by molar-refractivity contribution is -0.114. The van der Waals surface area contributed by atoms with Gasteiger partial charge in [0.05, 0.1) is 0 Å². The summed E-state index contributed by atoms with van der Waals surface area (Å²) < 4.78 is 0. The molecule has 1 aromatic carbocycles. The number of nitrogens with zero attached hydrogens (tertiary/aromatic N) is 1. The van der Waals surface area contributed by atoms with E-state index >= 15 is 0 Å². The number of carbonyl (C=O) groups excluding carboxylic acids is 2. The van der Waals surface area contributed by atoms with Crippen molar-refractivity contribution in [1.82, 2.24) is 10.3 Å². The maximum atomic E-state index is 12.2. The number of pyridine rings is 1. The van der Waals surface area contributed by atoms with Crippen molar-refractivity contribution in [2.45, 2.75) is 13.5 Å². The lowest BCUT2D eigenvalue weighted by Gasteiger charge is -2.07. The highest BCUT2D eigenvalue weighted by molar-refractivity contribution is 7.13. The number of rotatable bonds is 5. The molecule has 0 saturated heterocycles. The third kappa shape index (κ3) is 4.51. The summed E-state index contributed by atoms with van der Waals surface area (Å²) >= 11 is 1.65. The molecule has 126 valence electrons. The molecule has 0 aliphatic heterocycles. The number of hydrogen-bond acceptors (Lipinski definition) is 4. The van der Waals surface area contributed by atoms with Gasteiger partial charge in [0, 0.05) is 47.6 Å². The number of benzene rings is 1. The van der Waals surface area contributed by atoms with Gasteiger partial charge in [0.1, 0.15) is 0 Å². The molecule has 0 aliphatic rings. The van der Waals surface area contributed by atoms with Crippen molar-refractivity contribution < 1.29 is 9.59 Å². The van der Waals surface area contributed by atoms with Crippen molar-refractivity contribution in [2.75, 3.05) is 5.32 Å². The van der Waals surface area contributed by atoms with Crippen LogP contribution in [0.25, 0.3) is 10.4 Å². The van der Waals surface area contributed by atoms with Crippen molar-refractivity contribution in [3.05, 3.63) is 71.4 Å². The molecule has 3 rings (SSSR count). The number of hydrogen-bond donors (Lipinski definition) is 2. The van der Waals surface area contributed by atoms with Gasteiger partial charge in [0.2, 0.25) is 5.91 Å². The summed E-state index contributed by atoms with van der Waals surface area (Å²) in [5, 5.41) is 7.58. The van der Waals surface area contributed by atoms with Gasteiger partial charge in [-0.1, -0.05) is 6.07 Å². The van der Waals surface area contributed by atoms with Crippen molar-refractivity contribution in [1.29, 1.82) is 0 Å². The molecule has 2 heterocycles.